The summed E-state index contributed by atoms with van der Waals surface area (Å²) in [7, 11) is -2.56. The Morgan fingerprint density at radius 1 is 1.04 bits per heavy atom. The molecule has 1 unspecified atom stereocenters. The number of sulfonamides is 1. The van der Waals surface area contributed by atoms with Crippen molar-refractivity contribution in [2.24, 2.45) is 13.0 Å². The zero-order chi connectivity index (χ0) is 41.0. The van der Waals surface area contributed by atoms with Gasteiger partial charge in [0, 0.05) is 31.0 Å². The number of rotatable bonds is 10. The molecule has 8 rings (SSSR count). The van der Waals surface area contributed by atoms with Gasteiger partial charge in [-0.3, -0.25) is 28.2 Å². The van der Waals surface area contributed by atoms with Crippen molar-refractivity contribution in [3.63, 3.8) is 0 Å². The number of amides is 1. The van der Waals surface area contributed by atoms with Gasteiger partial charge in [0.1, 0.15) is 41.2 Å². The largest absolute Gasteiger partial charge is 0.344 e. The molecule has 0 radical (unpaired) electrons. The van der Waals surface area contributed by atoms with Crippen LogP contribution in [-0.4, -0.2) is 49.7 Å². The monoisotopic (exact) mass is 856 g/mol. The number of carbonyl (C=O) groups is 1. The molecule has 2 aliphatic rings. The van der Waals surface area contributed by atoms with Gasteiger partial charge in [-0.05, 0) is 54.3 Å². The third kappa shape index (κ3) is 6.56. The number of anilines is 1. The number of hydrogen-bond acceptors (Lipinski definition) is 7. The first-order chi connectivity index (χ1) is 26.7. The van der Waals surface area contributed by atoms with Crippen LogP contribution in [-0.2, 0) is 40.8 Å². The van der Waals surface area contributed by atoms with E-state index in [1.165, 1.54) is 19.2 Å². The summed E-state index contributed by atoms with van der Waals surface area (Å²) in [6.07, 6.45) is -2.92. The number of nitrogens with zero attached hydrogens (tertiary/aromatic N) is 6. The Balaban J connectivity index is 1.34. The van der Waals surface area contributed by atoms with Crippen molar-refractivity contribution in [2.75, 3.05) is 11.0 Å². The van der Waals surface area contributed by atoms with E-state index in [1.807, 2.05) is 0 Å². The number of alkyl halides is 4. The van der Waals surface area contributed by atoms with Gasteiger partial charge in [0.25, 0.3) is 17.9 Å². The van der Waals surface area contributed by atoms with Gasteiger partial charge in [-0.25, -0.2) is 35.4 Å². The Hall–Kier alpha value is -5.21. The van der Waals surface area contributed by atoms with E-state index in [4.69, 9.17) is 23.2 Å². The van der Waals surface area contributed by atoms with Crippen molar-refractivity contribution >= 4 is 66.8 Å². The van der Waals surface area contributed by atoms with Gasteiger partial charge in [-0.2, -0.15) is 19.0 Å². The summed E-state index contributed by atoms with van der Waals surface area (Å²) >= 11 is 12.8. The number of halogens is 9. The van der Waals surface area contributed by atoms with Crippen molar-refractivity contribution in [3.05, 3.63) is 109 Å². The number of benzene rings is 3. The van der Waals surface area contributed by atoms with Crippen LogP contribution in [0.3, 0.4) is 0 Å². The highest BCUT2D eigenvalue weighted by Gasteiger charge is 2.67. The van der Waals surface area contributed by atoms with Gasteiger partial charge in [0.15, 0.2) is 5.82 Å². The van der Waals surface area contributed by atoms with E-state index in [-0.39, 0.29) is 56.3 Å². The van der Waals surface area contributed by atoms with Gasteiger partial charge in [0.2, 0.25) is 15.9 Å². The molecule has 298 valence electrons. The summed E-state index contributed by atoms with van der Waals surface area (Å²) in [5.74, 6) is -10.4. The van der Waals surface area contributed by atoms with Crippen LogP contribution in [0.25, 0.3) is 27.5 Å². The summed E-state index contributed by atoms with van der Waals surface area (Å²) < 4.78 is 132. The summed E-state index contributed by atoms with van der Waals surface area (Å²) in [5.41, 5.74) is -3.50. The maximum absolute atomic E-state index is 15.4. The smallest absolute Gasteiger partial charge is 0.293 e. The van der Waals surface area contributed by atoms with E-state index in [2.05, 4.69) is 25.2 Å². The molecule has 3 aromatic heterocycles. The molecular formula is C35H25Cl2F7N8O4S. The highest BCUT2D eigenvalue weighted by Crippen LogP contribution is 2.68. The highest BCUT2D eigenvalue weighted by atomic mass is 35.5. The molecule has 6 aromatic rings. The molecule has 1 amide bonds. The Morgan fingerprint density at radius 2 is 1.74 bits per heavy atom. The normalized spacial score (nSPS) is 17.6. The summed E-state index contributed by atoms with van der Waals surface area (Å²) in [5, 5.41) is 9.29. The first-order valence-electron chi connectivity index (χ1n) is 16.8. The predicted molar refractivity (Wildman–Crippen MR) is 193 cm³/mol. The van der Waals surface area contributed by atoms with Crippen LogP contribution < -0.4 is 15.6 Å². The average molecular weight is 858 g/mol. The molecule has 3 heterocycles. The lowest BCUT2D eigenvalue weighted by molar-refractivity contribution is -0.123. The molecule has 2 N–H and O–H groups in total. The van der Waals surface area contributed by atoms with Crippen LogP contribution in [0.1, 0.15) is 53.1 Å². The van der Waals surface area contributed by atoms with E-state index in [0.717, 1.165) is 39.8 Å². The highest BCUT2D eigenvalue weighted by molar-refractivity contribution is 7.92. The number of carbonyl (C=O) groups excluding carboxylic acids is 1. The zero-order valence-corrected chi connectivity index (χ0v) is 31.4. The molecule has 3 aromatic carbocycles. The quantitative estimate of drug-likeness (QED) is 0.144. The van der Waals surface area contributed by atoms with Crippen LogP contribution in [0.5, 0.6) is 0 Å². The minimum atomic E-state index is -3.94. The number of fused-ring (bicyclic) bond motifs is 5. The Bertz CT molecular complexity index is 2860. The lowest BCUT2D eigenvalue weighted by Crippen LogP contribution is -2.38. The minimum absolute atomic E-state index is 0.0000177. The lowest BCUT2D eigenvalue weighted by atomic mass is 10.0. The van der Waals surface area contributed by atoms with Crippen molar-refractivity contribution in [1.29, 1.82) is 0 Å². The topological polar surface area (TPSA) is 146 Å². The summed E-state index contributed by atoms with van der Waals surface area (Å²) in [4.78, 5) is 33.1. The van der Waals surface area contributed by atoms with E-state index >= 15 is 8.78 Å². The molecule has 0 saturated heterocycles. The van der Waals surface area contributed by atoms with Gasteiger partial charge in [-0.1, -0.05) is 23.2 Å². The molecule has 1 fully saturated rings. The number of nitrogens with one attached hydrogen (secondary N) is 2. The molecule has 0 spiro atoms. The van der Waals surface area contributed by atoms with Gasteiger partial charge < -0.3 is 5.32 Å². The van der Waals surface area contributed by atoms with Crippen molar-refractivity contribution in [1.82, 2.24) is 34.4 Å². The standard InChI is InChI=1S/C35H25Cl2F7N8O4S/c1-50-29-22(6-3-18(36)25(29)32(48-50)49-57(2,55)56)52-33(46-20-5-4-19(40)27(37)26(20)34(52)54)21(9-13-7-14(38)10-15(39)8-13)45-23(53)12-51-30-24(28(47-51)31(41)42)16-11-17(16)35(30,43)44/h3-8,10,16-17,21,31H,9,11-12H2,1-2H3,(H,45,53)(H,48,49)/t16-,17+,21?/m0/s1. The molecule has 2 aliphatic carbocycles. The summed E-state index contributed by atoms with van der Waals surface area (Å²) in [6.45, 7) is -1.03. The van der Waals surface area contributed by atoms with E-state index < -0.39 is 104 Å². The molecule has 0 bridgehead atoms. The number of aryl methyl sites for hydroxylation is 1. The second-order valence-corrected chi connectivity index (χ2v) is 16.3. The average Bonchev–Trinajstić information content (AvgIpc) is 3.64. The predicted octanol–water partition coefficient (Wildman–Crippen LogP) is 6.81. The molecule has 3 atom stereocenters. The van der Waals surface area contributed by atoms with Gasteiger partial charge in [0.05, 0.1) is 49.8 Å². The maximum Gasteiger partial charge on any atom is 0.293 e. The fraction of sp³-hybridized carbons (Fsp3) is 0.286. The molecule has 0 aliphatic heterocycles. The van der Waals surface area contributed by atoms with Crippen molar-refractivity contribution < 1.29 is 43.9 Å². The minimum Gasteiger partial charge on any atom is -0.344 e. The first kappa shape index (κ1) is 38.7. The molecule has 12 nitrogen and oxygen atoms in total. The van der Waals surface area contributed by atoms with Crippen LogP contribution in [0, 0.1) is 23.4 Å². The molecular weight excluding hydrogens is 832 g/mol. The third-order valence-electron chi connectivity index (χ3n) is 9.86. The van der Waals surface area contributed by atoms with Gasteiger partial charge >= 0.3 is 0 Å². The Morgan fingerprint density at radius 3 is 2.40 bits per heavy atom. The van der Waals surface area contributed by atoms with Crippen LogP contribution in [0.2, 0.25) is 10.0 Å². The fourth-order valence-corrected chi connectivity index (χ4v) is 8.58. The molecule has 57 heavy (non-hydrogen) atoms. The molecule has 22 heteroatoms. The van der Waals surface area contributed by atoms with E-state index in [9.17, 15) is 40.0 Å². The Kier molecular flexibility index (Phi) is 9.11. The fourth-order valence-electron chi connectivity index (χ4n) is 7.60. The number of hydrogen-bond donors (Lipinski definition) is 2. The SMILES string of the molecule is Cn1nc(NS(C)(=O)=O)c2c(Cl)ccc(-n3c(C(Cc4cc(F)cc(F)c4)NC(=O)Cn4nc(C(F)F)c5c4C(F)(F)[C@@H]4C[C@H]54)nc4ccc(F)c(Cl)c4c3=O)c21. The van der Waals surface area contributed by atoms with E-state index in [0.29, 0.717) is 10.7 Å². The lowest BCUT2D eigenvalue weighted by Gasteiger charge is -2.24. The first-order valence-corrected chi connectivity index (χ1v) is 19.4. The Labute approximate surface area is 326 Å². The molecule has 1 saturated carbocycles. The second kappa shape index (κ2) is 13.4. The van der Waals surface area contributed by atoms with Crippen LogP contribution in [0.15, 0.2) is 47.3 Å². The maximum atomic E-state index is 15.4. The third-order valence-corrected chi connectivity index (χ3v) is 11.1. The van der Waals surface area contributed by atoms with Crippen molar-refractivity contribution in [2.45, 2.75) is 43.7 Å². The summed E-state index contributed by atoms with van der Waals surface area (Å²) in [6, 6.07) is 5.42. The van der Waals surface area contributed by atoms with Crippen molar-refractivity contribution in [3.8, 4) is 5.69 Å². The second-order valence-electron chi connectivity index (χ2n) is 13.8. The van der Waals surface area contributed by atoms with Gasteiger partial charge in [-0.15, -0.1) is 0 Å². The van der Waals surface area contributed by atoms with Crippen LogP contribution >= 0.6 is 23.2 Å². The van der Waals surface area contributed by atoms with Crippen LogP contribution in [0.4, 0.5) is 36.6 Å². The number of aromatic nitrogens is 6. The van der Waals surface area contributed by atoms with E-state index in [1.54, 1.807) is 0 Å². The zero-order valence-electron chi connectivity index (χ0n) is 29.1.